The van der Waals surface area contributed by atoms with Crippen molar-refractivity contribution in [1.29, 1.82) is 0 Å². The minimum absolute atomic E-state index is 0.00592. The van der Waals surface area contributed by atoms with Gasteiger partial charge in [-0.05, 0) is 49.6 Å². The SMILES string of the molecule is CC(NC(=O)CC1(C(=O)O)CCC1)c1ccc(NC(=O)Nc2ccccc2)cc1. The zero-order valence-corrected chi connectivity index (χ0v) is 16.3. The average Bonchev–Trinajstić information content (AvgIpc) is 2.65. The number of carboxylic acid groups (broad SMARTS) is 1. The summed E-state index contributed by atoms with van der Waals surface area (Å²) in [5, 5.41) is 17.7. The van der Waals surface area contributed by atoms with Crippen molar-refractivity contribution in [3.05, 3.63) is 60.2 Å². The molecule has 1 atom stereocenters. The molecule has 0 bridgehead atoms. The topological polar surface area (TPSA) is 108 Å². The average molecular weight is 395 g/mol. The molecule has 0 aromatic heterocycles. The molecule has 2 aromatic rings. The van der Waals surface area contributed by atoms with Gasteiger partial charge in [-0.15, -0.1) is 0 Å². The normalized spacial score (nSPS) is 15.5. The van der Waals surface area contributed by atoms with Gasteiger partial charge in [0.1, 0.15) is 0 Å². The van der Waals surface area contributed by atoms with Crippen molar-refractivity contribution >= 4 is 29.3 Å². The lowest BCUT2D eigenvalue weighted by Gasteiger charge is -2.37. The lowest BCUT2D eigenvalue weighted by Crippen LogP contribution is -2.43. The molecular formula is C22H25N3O4. The van der Waals surface area contributed by atoms with Crippen LogP contribution in [-0.2, 0) is 9.59 Å². The number of carbonyl (C=O) groups is 3. The summed E-state index contributed by atoms with van der Waals surface area (Å²) in [5.41, 5.74) is 1.29. The van der Waals surface area contributed by atoms with Crippen molar-refractivity contribution in [3.63, 3.8) is 0 Å². The van der Waals surface area contributed by atoms with Crippen molar-refractivity contribution in [2.45, 2.75) is 38.6 Å². The number of para-hydroxylation sites is 1. The fourth-order valence-electron chi connectivity index (χ4n) is 3.42. The highest BCUT2D eigenvalue weighted by Gasteiger charge is 2.45. The van der Waals surface area contributed by atoms with Crippen LogP contribution < -0.4 is 16.0 Å². The molecule has 29 heavy (non-hydrogen) atoms. The number of hydrogen-bond donors (Lipinski definition) is 4. The number of anilines is 2. The lowest BCUT2D eigenvalue weighted by molar-refractivity contribution is -0.157. The summed E-state index contributed by atoms with van der Waals surface area (Å²) in [6.45, 7) is 1.84. The number of carboxylic acids is 1. The Hall–Kier alpha value is -3.35. The van der Waals surface area contributed by atoms with Crippen LogP contribution in [0.3, 0.4) is 0 Å². The van der Waals surface area contributed by atoms with E-state index in [-0.39, 0.29) is 24.4 Å². The van der Waals surface area contributed by atoms with Gasteiger partial charge in [-0.3, -0.25) is 9.59 Å². The summed E-state index contributed by atoms with van der Waals surface area (Å²) in [4.78, 5) is 35.7. The number of benzene rings is 2. The molecule has 0 heterocycles. The molecule has 1 fully saturated rings. The molecule has 0 radical (unpaired) electrons. The van der Waals surface area contributed by atoms with Crippen LogP contribution in [-0.4, -0.2) is 23.0 Å². The van der Waals surface area contributed by atoms with E-state index in [9.17, 15) is 19.5 Å². The highest BCUT2D eigenvalue weighted by atomic mass is 16.4. The molecule has 0 saturated heterocycles. The lowest BCUT2D eigenvalue weighted by atomic mass is 9.66. The number of rotatable bonds is 7. The van der Waals surface area contributed by atoms with Gasteiger partial charge in [0, 0.05) is 17.8 Å². The van der Waals surface area contributed by atoms with Crippen LogP contribution in [0.5, 0.6) is 0 Å². The van der Waals surface area contributed by atoms with Gasteiger partial charge < -0.3 is 21.1 Å². The number of aliphatic carboxylic acids is 1. The fraction of sp³-hybridized carbons (Fsp3) is 0.318. The van der Waals surface area contributed by atoms with Crippen LogP contribution in [0, 0.1) is 5.41 Å². The van der Waals surface area contributed by atoms with Gasteiger partial charge in [-0.2, -0.15) is 0 Å². The van der Waals surface area contributed by atoms with E-state index >= 15 is 0 Å². The monoisotopic (exact) mass is 395 g/mol. The van der Waals surface area contributed by atoms with E-state index < -0.39 is 11.4 Å². The maximum Gasteiger partial charge on any atom is 0.323 e. The largest absolute Gasteiger partial charge is 0.481 e. The zero-order chi connectivity index (χ0) is 20.9. The second kappa shape index (κ2) is 8.77. The number of hydrogen-bond acceptors (Lipinski definition) is 3. The van der Waals surface area contributed by atoms with Gasteiger partial charge >= 0.3 is 12.0 Å². The van der Waals surface area contributed by atoms with Gasteiger partial charge in [0.05, 0.1) is 11.5 Å². The van der Waals surface area contributed by atoms with E-state index in [2.05, 4.69) is 16.0 Å². The van der Waals surface area contributed by atoms with Crippen molar-refractivity contribution in [2.24, 2.45) is 5.41 Å². The Labute approximate surface area is 169 Å². The molecule has 0 aliphatic heterocycles. The Kier molecular flexibility index (Phi) is 6.16. The maximum atomic E-state index is 12.3. The van der Waals surface area contributed by atoms with Gasteiger partial charge in [0.2, 0.25) is 5.91 Å². The summed E-state index contributed by atoms with van der Waals surface area (Å²) in [5.74, 6) is -1.15. The van der Waals surface area contributed by atoms with Crippen LogP contribution in [0.2, 0.25) is 0 Å². The Morgan fingerprint density at radius 2 is 1.55 bits per heavy atom. The van der Waals surface area contributed by atoms with Crippen molar-refractivity contribution in [1.82, 2.24) is 5.32 Å². The number of carbonyl (C=O) groups excluding carboxylic acids is 2. The summed E-state index contributed by atoms with van der Waals surface area (Å²) in [6.07, 6.45) is 1.96. The summed E-state index contributed by atoms with van der Waals surface area (Å²) >= 11 is 0. The second-order valence-electron chi connectivity index (χ2n) is 7.47. The Bertz CT molecular complexity index is 877. The van der Waals surface area contributed by atoms with E-state index in [0.717, 1.165) is 12.0 Å². The Morgan fingerprint density at radius 1 is 0.966 bits per heavy atom. The Morgan fingerprint density at radius 3 is 2.07 bits per heavy atom. The predicted octanol–water partition coefficient (Wildman–Crippen LogP) is 4.15. The fourth-order valence-corrected chi connectivity index (χ4v) is 3.42. The first kappa shape index (κ1) is 20.4. The van der Waals surface area contributed by atoms with Crippen molar-refractivity contribution < 1.29 is 19.5 Å². The summed E-state index contributed by atoms with van der Waals surface area (Å²) < 4.78 is 0. The van der Waals surface area contributed by atoms with Crippen LogP contribution >= 0.6 is 0 Å². The van der Waals surface area contributed by atoms with E-state index in [1.54, 1.807) is 24.3 Å². The number of urea groups is 1. The number of amides is 3. The summed E-state index contributed by atoms with van der Waals surface area (Å²) in [7, 11) is 0. The third-order valence-electron chi connectivity index (χ3n) is 5.34. The highest BCUT2D eigenvalue weighted by Crippen LogP contribution is 2.44. The highest BCUT2D eigenvalue weighted by molar-refractivity contribution is 5.99. The molecule has 4 N–H and O–H groups in total. The third-order valence-corrected chi connectivity index (χ3v) is 5.34. The molecule has 1 aliphatic rings. The standard InChI is InChI=1S/C22H25N3O4/c1-15(23-19(26)14-22(20(27)28)12-5-13-22)16-8-10-18(11-9-16)25-21(29)24-17-6-3-2-4-7-17/h2-4,6-11,15H,5,12-14H2,1H3,(H,23,26)(H,27,28)(H2,24,25,29). The van der Waals surface area contributed by atoms with Gasteiger partial charge in [-0.1, -0.05) is 36.8 Å². The first-order chi connectivity index (χ1) is 13.9. The molecular weight excluding hydrogens is 370 g/mol. The van der Waals surface area contributed by atoms with Gasteiger partial charge in [-0.25, -0.2) is 4.79 Å². The number of nitrogens with one attached hydrogen (secondary N) is 3. The van der Waals surface area contributed by atoms with Crippen LogP contribution in [0.25, 0.3) is 0 Å². The molecule has 1 saturated carbocycles. The van der Waals surface area contributed by atoms with Crippen molar-refractivity contribution in [3.8, 4) is 0 Å². The molecule has 152 valence electrons. The second-order valence-corrected chi connectivity index (χ2v) is 7.47. The molecule has 1 aliphatic carbocycles. The summed E-state index contributed by atoms with van der Waals surface area (Å²) in [6, 6.07) is 15.7. The minimum Gasteiger partial charge on any atom is -0.481 e. The molecule has 2 aromatic carbocycles. The van der Waals surface area contributed by atoms with E-state index in [4.69, 9.17) is 0 Å². The quantitative estimate of drug-likeness (QED) is 0.565. The molecule has 7 heteroatoms. The molecule has 0 spiro atoms. The van der Waals surface area contributed by atoms with Crippen LogP contribution in [0.1, 0.15) is 44.2 Å². The van der Waals surface area contributed by atoms with E-state index in [0.29, 0.717) is 24.2 Å². The maximum absolute atomic E-state index is 12.3. The minimum atomic E-state index is -0.899. The van der Waals surface area contributed by atoms with Gasteiger partial charge in [0.25, 0.3) is 0 Å². The zero-order valence-electron chi connectivity index (χ0n) is 16.3. The first-order valence-electron chi connectivity index (χ1n) is 9.64. The Balaban J connectivity index is 1.52. The molecule has 3 amide bonds. The van der Waals surface area contributed by atoms with Crippen LogP contribution in [0.15, 0.2) is 54.6 Å². The predicted molar refractivity (Wildman–Crippen MR) is 111 cm³/mol. The first-order valence-corrected chi connectivity index (χ1v) is 9.64. The van der Waals surface area contributed by atoms with E-state index in [1.165, 1.54) is 0 Å². The molecule has 3 rings (SSSR count). The van der Waals surface area contributed by atoms with Gasteiger partial charge in [0.15, 0.2) is 0 Å². The molecule has 1 unspecified atom stereocenters. The van der Waals surface area contributed by atoms with Crippen LogP contribution in [0.4, 0.5) is 16.2 Å². The molecule has 7 nitrogen and oxygen atoms in total. The third kappa shape index (κ3) is 5.13. The smallest absolute Gasteiger partial charge is 0.323 e. The van der Waals surface area contributed by atoms with E-state index in [1.807, 2.05) is 37.3 Å². The van der Waals surface area contributed by atoms with Crippen molar-refractivity contribution in [2.75, 3.05) is 10.6 Å².